The fourth-order valence-electron chi connectivity index (χ4n) is 2.11. The van der Waals surface area contributed by atoms with Gasteiger partial charge in [-0.2, -0.15) is 0 Å². The Morgan fingerprint density at radius 1 is 1.43 bits per heavy atom. The van der Waals surface area contributed by atoms with Crippen molar-refractivity contribution in [1.82, 2.24) is 9.88 Å². The lowest BCUT2D eigenvalue weighted by Gasteiger charge is -2.30. The first kappa shape index (κ1) is 9.66. The Morgan fingerprint density at radius 2 is 2.21 bits per heavy atom. The van der Waals surface area contributed by atoms with Gasteiger partial charge in [0.05, 0.1) is 0 Å². The molecule has 0 N–H and O–H groups in total. The predicted octanol–water partition coefficient (Wildman–Crippen LogP) is 2.10. The molecular weight excluding hydrogens is 172 g/mol. The average Bonchev–Trinajstić information content (AvgIpc) is 2.30. The lowest BCUT2D eigenvalue weighted by molar-refractivity contribution is 0.231. The molecule has 1 aliphatic heterocycles. The Kier molecular flexibility index (Phi) is 3.14. The summed E-state index contributed by atoms with van der Waals surface area (Å²) >= 11 is 0. The Labute approximate surface area is 86.0 Å². The third kappa shape index (κ3) is 2.13. The number of pyridine rings is 1. The third-order valence-corrected chi connectivity index (χ3v) is 3.06. The predicted molar refractivity (Wildman–Crippen MR) is 58.0 cm³/mol. The Bertz CT molecular complexity index is 263. The highest BCUT2D eigenvalue weighted by atomic mass is 15.1. The maximum Gasteiger partial charge on any atom is 0.0302 e. The molecule has 0 aromatic carbocycles. The first-order valence-corrected chi connectivity index (χ1v) is 5.31. The van der Waals surface area contributed by atoms with Gasteiger partial charge in [0.25, 0.3) is 0 Å². The van der Waals surface area contributed by atoms with Crippen LogP contribution < -0.4 is 0 Å². The summed E-state index contributed by atoms with van der Waals surface area (Å²) in [7, 11) is 0. The number of nitrogens with zero attached hydrogens (tertiary/aromatic N) is 2. The van der Waals surface area contributed by atoms with Crippen molar-refractivity contribution in [1.29, 1.82) is 0 Å². The minimum Gasteiger partial charge on any atom is -0.303 e. The van der Waals surface area contributed by atoms with Crippen LogP contribution in [0.4, 0.5) is 0 Å². The summed E-state index contributed by atoms with van der Waals surface area (Å²) in [6.45, 7) is 7.23. The van der Waals surface area contributed by atoms with E-state index in [-0.39, 0.29) is 0 Å². The molecule has 0 atom stereocenters. The summed E-state index contributed by atoms with van der Waals surface area (Å²) in [6.07, 6.45) is 6.35. The molecule has 1 aromatic rings. The normalized spacial score (nSPS) is 19.8. The molecule has 75 valence electrons. The van der Waals surface area contributed by atoms with Crippen LogP contribution in [0, 0.1) is 6.92 Å². The van der Waals surface area contributed by atoms with Gasteiger partial charge in [0.15, 0.2) is 0 Å². The molecule has 0 unspecified atom stereocenters. The topological polar surface area (TPSA) is 16.1 Å². The summed E-state index contributed by atoms with van der Waals surface area (Å²) in [5, 5.41) is 0. The van der Waals surface area contributed by atoms with E-state index in [9.17, 15) is 0 Å². The fourth-order valence-corrected chi connectivity index (χ4v) is 2.11. The van der Waals surface area contributed by atoms with E-state index in [1.165, 1.54) is 31.5 Å². The number of rotatable bonds is 2. The molecule has 2 rings (SSSR count). The van der Waals surface area contributed by atoms with E-state index in [1.807, 2.05) is 18.5 Å². The molecule has 0 aliphatic carbocycles. The molecule has 1 saturated heterocycles. The van der Waals surface area contributed by atoms with Crippen molar-refractivity contribution < 1.29 is 0 Å². The molecule has 0 bridgehead atoms. The molecule has 2 heterocycles. The van der Waals surface area contributed by atoms with Crippen LogP contribution in [0.1, 0.15) is 24.3 Å². The van der Waals surface area contributed by atoms with Crippen molar-refractivity contribution in [3.05, 3.63) is 37.0 Å². The zero-order valence-corrected chi connectivity index (χ0v) is 8.52. The second-order valence-corrected chi connectivity index (χ2v) is 3.90. The van der Waals surface area contributed by atoms with Crippen LogP contribution in [0.3, 0.4) is 0 Å². The molecular formula is C12H17N2. The fraction of sp³-hybridized carbons (Fsp3) is 0.500. The summed E-state index contributed by atoms with van der Waals surface area (Å²) in [5.41, 5.74) is 1.40. The molecule has 2 heteroatoms. The van der Waals surface area contributed by atoms with Crippen molar-refractivity contribution >= 4 is 0 Å². The SMILES string of the molecule is [CH2]CN1CCC(c2cccnc2)CC1. The highest BCUT2D eigenvalue weighted by Crippen LogP contribution is 2.26. The Balaban J connectivity index is 1.96. The highest BCUT2D eigenvalue weighted by molar-refractivity contribution is 5.15. The molecule has 0 spiro atoms. The molecule has 2 nitrogen and oxygen atoms in total. The maximum atomic E-state index is 4.17. The number of aromatic nitrogens is 1. The van der Waals surface area contributed by atoms with Crippen molar-refractivity contribution in [2.75, 3.05) is 19.6 Å². The van der Waals surface area contributed by atoms with Crippen molar-refractivity contribution in [3.8, 4) is 0 Å². The zero-order chi connectivity index (χ0) is 9.80. The van der Waals surface area contributed by atoms with Crippen LogP contribution in [-0.4, -0.2) is 29.5 Å². The van der Waals surface area contributed by atoms with Crippen LogP contribution >= 0.6 is 0 Å². The second-order valence-electron chi connectivity index (χ2n) is 3.90. The molecule has 0 saturated carbocycles. The summed E-state index contributed by atoms with van der Waals surface area (Å²) in [4.78, 5) is 6.58. The highest BCUT2D eigenvalue weighted by Gasteiger charge is 2.19. The van der Waals surface area contributed by atoms with E-state index in [1.54, 1.807) is 0 Å². The quantitative estimate of drug-likeness (QED) is 0.708. The van der Waals surface area contributed by atoms with Gasteiger partial charge in [-0.25, -0.2) is 0 Å². The van der Waals surface area contributed by atoms with Gasteiger partial charge in [-0.05, 0) is 56.9 Å². The number of hydrogen-bond donors (Lipinski definition) is 0. The van der Waals surface area contributed by atoms with E-state index in [4.69, 9.17) is 0 Å². The standard InChI is InChI=1S/C12H17N2/c1-2-14-8-5-11(6-9-14)12-4-3-7-13-10-12/h3-4,7,10-11H,1-2,5-6,8-9H2. The van der Waals surface area contributed by atoms with Gasteiger partial charge < -0.3 is 4.90 Å². The first-order valence-electron chi connectivity index (χ1n) is 5.31. The largest absolute Gasteiger partial charge is 0.303 e. The van der Waals surface area contributed by atoms with E-state index in [0.29, 0.717) is 5.92 Å². The summed E-state index contributed by atoms with van der Waals surface area (Å²) < 4.78 is 0. The van der Waals surface area contributed by atoms with Crippen LogP contribution in [-0.2, 0) is 0 Å². The Hall–Kier alpha value is -0.890. The van der Waals surface area contributed by atoms with Gasteiger partial charge in [0, 0.05) is 12.4 Å². The number of piperidine rings is 1. The van der Waals surface area contributed by atoms with Gasteiger partial charge in [-0.3, -0.25) is 4.98 Å². The zero-order valence-electron chi connectivity index (χ0n) is 8.52. The lowest BCUT2D eigenvalue weighted by atomic mass is 9.90. The lowest BCUT2D eigenvalue weighted by Crippen LogP contribution is -2.32. The molecule has 1 radical (unpaired) electrons. The van der Waals surface area contributed by atoms with E-state index in [2.05, 4.69) is 22.9 Å². The monoisotopic (exact) mass is 189 g/mol. The summed E-state index contributed by atoms with van der Waals surface area (Å²) in [6, 6.07) is 4.22. The molecule has 0 amide bonds. The van der Waals surface area contributed by atoms with Gasteiger partial charge in [0.1, 0.15) is 0 Å². The van der Waals surface area contributed by atoms with Crippen molar-refractivity contribution in [3.63, 3.8) is 0 Å². The van der Waals surface area contributed by atoms with Gasteiger partial charge in [0.2, 0.25) is 0 Å². The van der Waals surface area contributed by atoms with Gasteiger partial charge >= 0.3 is 0 Å². The van der Waals surface area contributed by atoms with Gasteiger partial charge in [-0.1, -0.05) is 6.07 Å². The number of hydrogen-bond acceptors (Lipinski definition) is 2. The van der Waals surface area contributed by atoms with E-state index in [0.717, 1.165) is 6.54 Å². The smallest absolute Gasteiger partial charge is 0.0302 e. The number of likely N-dealkylation sites (tertiary alicyclic amines) is 1. The summed E-state index contributed by atoms with van der Waals surface area (Å²) in [5.74, 6) is 0.714. The van der Waals surface area contributed by atoms with E-state index < -0.39 is 0 Å². The van der Waals surface area contributed by atoms with Crippen molar-refractivity contribution in [2.24, 2.45) is 0 Å². The molecule has 1 aliphatic rings. The van der Waals surface area contributed by atoms with Crippen molar-refractivity contribution in [2.45, 2.75) is 18.8 Å². The molecule has 1 aromatic heterocycles. The van der Waals surface area contributed by atoms with E-state index >= 15 is 0 Å². The Morgan fingerprint density at radius 3 is 2.79 bits per heavy atom. The maximum absolute atomic E-state index is 4.17. The minimum atomic E-state index is 0.714. The minimum absolute atomic E-state index is 0.714. The third-order valence-electron chi connectivity index (χ3n) is 3.06. The van der Waals surface area contributed by atoms with Gasteiger partial charge in [-0.15, -0.1) is 0 Å². The average molecular weight is 189 g/mol. The van der Waals surface area contributed by atoms with Crippen LogP contribution in [0.25, 0.3) is 0 Å². The van der Waals surface area contributed by atoms with Crippen LogP contribution in [0.5, 0.6) is 0 Å². The van der Waals surface area contributed by atoms with Crippen LogP contribution in [0.2, 0.25) is 0 Å². The molecule has 1 fully saturated rings. The molecule has 14 heavy (non-hydrogen) atoms. The first-order chi connectivity index (χ1) is 6.90. The van der Waals surface area contributed by atoms with Crippen LogP contribution in [0.15, 0.2) is 24.5 Å². The second kappa shape index (κ2) is 4.56.